The Morgan fingerprint density at radius 1 is 1.12 bits per heavy atom. The first kappa shape index (κ1) is 22.9. The average Bonchev–Trinajstić information content (AvgIpc) is 3.50. The maximum absolute atomic E-state index is 12.4. The van der Waals surface area contributed by atoms with E-state index in [0.29, 0.717) is 28.6 Å². The van der Waals surface area contributed by atoms with Gasteiger partial charge in [0.15, 0.2) is 4.96 Å². The van der Waals surface area contributed by atoms with Crippen LogP contribution in [0.4, 0.5) is 5.69 Å². The smallest absolute Gasteiger partial charge is 0.313 e. The molecule has 174 valence electrons. The van der Waals surface area contributed by atoms with Gasteiger partial charge in [-0.2, -0.15) is 5.10 Å². The topological polar surface area (TPSA) is 130 Å². The van der Waals surface area contributed by atoms with Gasteiger partial charge in [-0.3, -0.25) is 18.8 Å². The van der Waals surface area contributed by atoms with Gasteiger partial charge in [0.05, 0.1) is 18.5 Å². The van der Waals surface area contributed by atoms with Gasteiger partial charge in [-0.25, -0.2) is 10.4 Å². The van der Waals surface area contributed by atoms with Crippen LogP contribution in [-0.4, -0.2) is 33.3 Å². The number of carbonyl (C=O) groups excluding carboxylic acids is 3. The fourth-order valence-corrected chi connectivity index (χ4v) is 3.95. The second kappa shape index (κ2) is 9.71. The maximum Gasteiger partial charge on any atom is 0.313 e. The van der Waals surface area contributed by atoms with E-state index >= 15 is 0 Å². The lowest BCUT2D eigenvalue weighted by Gasteiger charge is -2.07. The first-order valence-corrected chi connectivity index (χ1v) is 11.2. The fourth-order valence-electron chi connectivity index (χ4n) is 3.19. The zero-order valence-corrected chi connectivity index (χ0v) is 19.5. The van der Waals surface area contributed by atoms with Crippen molar-refractivity contribution in [2.45, 2.75) is 27.3 Å². The molecule has 4 rings (SSSR count). The number of fused-ring (bicyclic) bond motifs is 1. The number of aromatic nitrogens is 2. The summed E-state index contributed by atoms with van der Waals surface area (Å²) in [4.78, 5) is 41.7. The van der Waals surface area contributed by atoms with Crippen LogP contribution in [0.15, 0.2) is 51.4 Å². The van der Waals surface area contributed by atoms with Crippen molar-refractivity contribution in [3.8, 4) is 0 Å². The number of rotatable bonds is 6. The minimum absolute atomic E-state index is 0.0184. The van der Waals surface area contributed by atoms with E-state index in [1.54, 1.807) is 41.8 Å². The Morgan fingerprint density at radius 3 is 2.74 bits per heavy atom. The van der Waals surface area contributed by atoms with Crippen molar-refractivity contribution < 1.29 is 18.8 Å². The number of nitrogens with zero attached hydrogens (tertiary/aromatic N) is 3. The van der Waals surface area contributed by atoms with Crippen LogP contribution >= 0.6 is 11.3 Å². The van der Waals surface area contributed by atoms with E-state index in [-0.39, 0.29) is 6.54 Å². The van der Waals surface area contributed by atoms with Gasteiger partial charge in [0.2, 0.25) is 0 Å². The predicted octanol–water partition coefficient (Wildman–Crippen LogP) is 2.93. The molecule has 3 amide bonds. The molecular formula is C23H22N6O4S. The van der Waals surface area contributed by atoms with E-state index in [9.17, 15) is 14.4 Å². The number of benzene rings is 1. The predicted molar refractivity (Wildman–Crippen MR) is 128 cm³/mol. The Morgan fingerprint density at radius 2 is 1.94 bits per heavy atom. The molecule has 3 N–H and O–H groups in total. The molecule has 0 unspecified atom stereocenters. The van der Waals surface area contributed by atoms with E-state index in [1.807, 2.05) is 25.3 Å². The Bertz CT molecular complexity index is 1410. The van der Waals surface area contributed by atoms with Crippen molar-refractivity contribution in [1.29, 1.82) is 0 Å². The number of hydrogen-bond donors (Lipinski definition) is 3. The average molecular weight is 479 g/mol. The van der Waals surface area contributed by atoms with Gasteiger partial charge in [-0.1, -0.05) is 6.07 Å². The van der Waals surface area contributed by atoms with Crippen molar-refractivity contribution in [3.05, 3.63) is 75.9 Å². The molecule has 3 heterocycles. The third-order valence-electron chi connectivity index (χ3n) is 5.09. The number of hydrazone groups is 1. The molecule has 0 saturated carbocycles. The minimum atomic E-state index is -0.784. The van der Waals surface area contributed by atoms with Gasteiger partial charge in [-0.05, 0) is 56.2 Å². The van der Waals surface area contributed by atoms with E-state index in [4.69, 9.17) is 4.42 Å². The molecule has 0 aliphatic carbocycles. The van der Waals surface area contributed by atoms with Gasteiger partial charge in [0.1, 0.15) is 17.2 Å². The molecular weight excluding hydrogens is 456 g/mol. The number of carbonyl (C=O) groups is 3. The lowest BCUT2D eigenvalue weighted by molar-refractivity contribution is -0.136. The Labute approximate surface area is 198 Å². The van der Waals surface area contributed by atoms with Crippen molar-refractivity contribution in [3.63, 3.8) is 0 Å². The number of nitrogens with one attached hydrogen (secondary N) is 3. The minimum Gasteiger partial charge on any atom is -0.458 e. The summed E-state index contributed by atoms with van der Waals surface area (Å²) < 4.78 is 7.26. The monoisotopic (exact) mass is 478 g/mol. The van der Waals surface area contributed by atoms with Crippen molar-refractivity contribution in [2.75, 3.05) is 5.32 Å². The standard InChI is InChI=1S/C23H22N6O4S/c1-13-4-5-16(10-14(13)2)27-22(32)21(31)24-11-17-6-7-18(33-17)12-25-28-20(30)19-15(3)26-23-29(19)8-9-34-23/h4-10,12H,11H2,1-3H3,(H,24,31)(H,27,32)(H,28,30)/b25-12+. The van der Waals surface area contributed by atoms with E-state index < -0.39 is 17.7 Å². The maximum atomic E-state index is 12.4. The third kappa shape index (κ3) is 5.04. The molecule has 3 aromatic heterocycles. The normalized spacial score (nSPS) is 11.1. The van der Waals surface area contributed by atoms with Gasteiger partial charge < -0.3 is 15.1 Å². The first-order valence-electron chi connectivity index (χ1n) is 10.3. The highest BCUT2D eigenvalue weighted by Gasteiger charge is 2.17. The molecule has 4 aromatic rings. The molecule has 34 heavy (non-hydrogen) atoms. The lowest BCUT2D eigenvalue weighted by atomic mass is 10.1. The quantitative estimate of drug-likeness (QED) is 0.223. The summed E-state index contributed by atoms with van der Waals surface area (Å²) in [5.74, 6) is -1.16. The van der Waals surface area contributed by atoms with Gasteiger partial charge >= 0.3 is 11.8 Å². The summed E-state index contributed by atoms with van der Waals surface area (Å²) in [6.07, 6.45) is 3.12. The number of amides is 3. The second-order valence-electron chi connectivity index (χ2n) is 7.54. The SMILES string of the molecule is Cc1ccc(NC(=O)C(=O)NCc2ccc(/C=N/NC(=O)c3c(C)nc4sccn34)o2)cc1C. The molecule has 11 heteroatoms. The summed E-state index contributed by atoms with van der Waals surface area (Å²) in [6.45, 7) is 5.67. The molecule has 0 radical (unpaired) electrons. The van der Waals surface area contributed by atoms with Crippen LogP contribution in [0.25, 0.3) is 4.96 Å². The lowest BCUT2D eigenvalue weighted by Crippen LogP contribution is -2.34. The van der Waals surface area contributed by atoms with Crippen molar-refractivity contribution >= 4 is 45.9 Å². The Hall–Kier alpha value is -4.25. The van der Waals surface area contributed by atoms with E-state index in [0.717, 1.165) is 16.1 Å². The molecule has 0 aliphatic heterocycles. The van der Waals surface area contributed by atoms with Crippen LogP contribution in [0.3, 0.4) is 0 Å². The number of thiazole rings is 1. The Balaban J connectivity index is 1.28. The van der Waals surface area contributed by atoms with Crippen LogP contribution in [0.2, 0.25) is 0 Å². The van der Waals surface area contributed by atoms with Crippen molar-refractivity contribution in [1.82, 2.24) is 20.1 Å². The van der Waals surface area contributed by atoms with E-state index in [1.165, 1.54) is 17.6 Å². The number of hydrogen-bond acceptors (Lipinski definition) is 7. The molecule has 0 spiro atoms. The zero-order valence-electron chi connectivity index (χ0n) is 18.7. The number of aryl methyl sites for hydroxylation is 3. The summed E-state index contributed by atoms with van der Waals surface area (Å²) >= 11 is 1.44. The first-order chi connectivity index (χ1) is 16.3. The summed E-state index contributed by atoms with van der Waals surface area (Å²) in [7, 11) is 0. The highest BCUT2D eigenvalue weighted by atomic mass is 32.1. The highest BCUT2D eigenvalue weighted by Crippen LogP contribution is 2.17. The van der Waals surface area contributed by atoms with E-state index in [2.05, 4.69) is 26.1 Å². The second-order valence-corrected chi connectivity index (χ2v) is 8.41. The van der Waals surface area contributed by atoms with Crippen LogP contribution in [0, 0.1) is 20.8 Å². The highest BCUT2D eigenvalue weighted by molar-refractivity contribution is 7.15. The molecule has 10 nitrogen and oxygen atoms in total. The van der Waals surface area contributed by atoms with Crippen LogP contribution in [0.5, 0.6) is 0 Å². The molecule has 0 fully saturated rings. The molecule has 0 atom stereocenters. The summed E-state index contributed by atoms with van der Waals surface area (Å²) in [5.41, 5.74) is 6.13. The molecule has 0 saturated heterocycles. The van der Waals surface area contributed by atoms with Crippen LogP contribution in [-0.2, 0) is 16.1 Å². The number of imidazole rings is 1. The largest absolute Gasteiger partial charge is 0.458 e. The van der Waals surface area contributed by atoms with Crippen LogP contribution in [0.1, 0.15) is 38.8 Å². The Kier molecular flexibility index (Phi) is 6.55. The van der Waals surface area contributed by atoms with Gasteiger partial charge in [-0.15, -0.1) is 11.3 Å². The molecule has 1 aromatic carbocycles. The summed E-state index contributed by atoms with van der Waals surface area (Å²) in [6, 6.07) is 8.68. The zero-order chi connectivity index (χ0) is 24.2. The van der Waals surface area contributed by atoms with Gasteiger partial charge in [0.25, 0.3) is 5.91 Å². The summed E-state index contributed by atoms with van der Waals surface area (Å²) in [5, 5.41) is 10.8. The third-order valence-corrected chi connectivity index (χ3v) is 5.84. The van der Waals surface area contributed by atoms with Gasteiger partial charge in [0, 0.05) is 17.3 Å². The molecule has 0 bridgehead atoms. The molecule has 0 aliphatic rings. The fraction of sp³-hybridized carbons (Fsp3) is 0.174. The van der Waals surface area contributed by atoms with Crippen LogP contribution < -0.4 is 16.1 Å². The van der Waals surface area contributed by atoms with Crippen molar-refractivity contribution in [2.24, 2.45) is 5.10 Å². The number of furan rings is 1. The number of anilines is 1.